The molecule has 106 valence electrons. The van der Waals surface area contributed by atoms with Crippen molar-refractivity contribution in [3.63, 3.8) is 0 Å². The second kappa shape index (κ2) is 4.97. The maximum atomic E-state index is 11.8. The van der Waals surface area contributed by atoms with E-state index in [-0.39, 0.29) is 16.7 Å². The molecule has 1 aromatic carbocycles. The molecule has 1 aromatic rings. The molecule has 0 aromatic heterocycles. The average Bonchev–Trinajstić information content (AvgIpc) is 2.26. The molecule has 0 saturated heterocycles. The fourth-order valence-corrected chi connectivity index (χ4v) is 3.10. The van der Waals surface area contributed by atoms with Gasteiger partial charge in [-0.05, 0) is 50.5 Å². The zero-order chi connectivity index (χ0) is 14.1. The van der Waals surface area contributed by atoms with Gasteiger partial charge in [0.15, 0.2) is 0 Å². The molecule has 0 spiro atoms. The molecule has 1 fully saturated rings. The third-order valence-electron chi connectivity index (χ3n) is 3.09. The Morgan fingerprint density at radius 1 is 1.37 bits per heavy atom. The Morgan fingerprint density at radius 2 is 1.95 bits per heavy atom. The van der Waals surface area contributed by atoms with Crippen molar-refractivity contribution in [2.75, 3.05) is 5.23 Å². The molecule has 1 aliphatic rings. The number of anilines is 1. The minimum Gasteiger partial charge on any atom is -0.733 e. The predicted molar refractivity (Wildman–Crippen MR) is 69.0 cm³/mol. The van der Waals surface area contributed by atoms with E-state index in [4.69, 9.17) is 9.39 Å². The molecule has 1 aliphatic carbocycles. The lowest BCUT2D eigenvalue weighted by Crippen LogP contribution is -2.52. The highest BCUT2D eigenvalue weighted by molar-refractivity contribution is 7.85. The normalized spacial score (nSPS) is 17.6. The summed E-state index contributed by atoms with van der Waals surface area (Å²) in [5.41, 5.74) is -0.445. The molecule has 0 heterocycles. The van der Waals surface area contributed by atoms with Gasteiger partial charge >= 0.3 is 10.3 Å². The molecular formula is C11H15N2O5S-. The Morgan fingerprint density at radius 3 is 2.37 bits per heavy atom. The van der Waals surface area contributed by atoms with Crippen molar-refractivity contribution in [1.82, 2.24) is 4.72 Å². The molecule has 0 unspecified atom stereocenters. The van der Waals surface area contributed by atoms with Gasteiger partial charge < -0.3 is 14.6 Å². The Kier molecular flexibility index (Phi) is 3.68. The highest BCUT2D eigenvalue weighted by Crippen LogP contribution is 2.32. The van der Waals surface area contributed by atoms with E-state index in [2.05, 4.69) is 4.72 Å². The predicted octanol–water partition coefficient (Wildman–Crippen LogP) is 1.54. The fraction of sp³-hybridized carbons (Fsp3) is 0.455. The van der Waals surface area contributed by atoms with Crippen LogP contribution in [0.4, 0.5) is 5.69 Å². The van der Waals surface area contributed by atoms with E-state index in [0.717, 1.165) is 19.3 Å². The van der Waals surface area contributed by atoms with Crippen LogP contribution in [0.2, 0.25) is 0 Å². The van der Waals surface area contributed by atoms with Gasteiger partial charge in [0.05, 0.1) is 5.69 Å². The number of rotatable bonds is 5. The molecule has 19 heavy (non-hydrogen) atoms. The first-order valence-electron chi connectivity index (χ1n) is 5.79. The molecule has 0 aliphatic heterocycles. The smallest absolute Gasteiger partial charge is 0.383 e. The average molecular weight is 287 g/mol. The van der Waals surface area contributed by atoms with Gasteiger partial charge in [-0.15, -0.1) is 0 Å². The van der Waals surface area contributed by atoms with Gasteiger partial charge in [0.25, 0.3) is 0 Å². The van der Waals surface area contributed by atoms with E-state index in [0.29, 0.717) is 0 Å². The van der Waals surface area contributed by atoms with Crippen LogP contribution in [0.25, 0.3) is 0 Å². The van der Waals surface area contributed by atoms with Crippen LogP contribution in [0.15, 0.2) is 24.3 Å². The zero-order valence-corrected chi connectivity index (χ0v) is 11.2. The lowest BCUT2D eigenvalue weighted by Gasteiger charge is -2.37. The first kappa shape index (κ1) is 14.1. The highest BCUT2D eigenvalue weighted by Gasteiger charge is 2.36. The summed E-state index contributed by atoms with van der Waals surface area (Å²) in [6.07, 6.45) is 2.55. The lowest BCUT2D eigenvalue weighted by molar-refractivity contribution is 0.241. The van der Waals surface area contributed by atoms with Crippen molar-refractivity contribution < 1.29 is 17.8 Å². The lowest BCUT2D eigenvalue weighted by atomic mass is 9.80. The fourth-order valence-electron chi connectivity index (χ4n) is 1.89. The van der Waals surface area contributed by atoms with Gasteiger partial charge in [0.2, 0.25) is 0 Å². The number of hydrogen-bond acceptors (Lipinski definition) is 6. The van der Waals surface area contributed by atoms with Crippen LogP contribution in [-0.2, 0) is 10.3 Å². The van der Waals surface area contributed by atoms with Crippen molar-refractivity contribution in [3.05, 3.63) is 29.5 Å². The Hall–Kier alpha value is -1.35. The van der Waals surface area contributed by atoms with E-state index in [1.165, 1.54) is 24.3 Å². The third kappa shape index (κ3) is 3.57. The summed E-state index contributed by atoms with van der Waals surface area (Å²) in [6, 6.07) is 5.09. The summed E-state index contributed by atoms with van der Waals surface area (Å²) in [5.74, 6) is 0.0704. The first-order chi connectivity index (χ1) is 8.80. The molecule has 1 saturated carbocycles. The van der Waals surface area contributed by atoms with Gasteiger partial charge in [0, 0.05) is 5.54 Å². The summed E-state index contributed by atoms with van der Waals surface area (Å²) in [5, 5.41) is 18.9. The van der Waals surface area contributed by atoms with Crippen molar-refractivity contribution in [2.45, 2.75) is 31.7 Å². The van der Waals surface area contributed by atoms with E-state index in [1.807, 2.05) is 6.92 Å². The van der Waals surface area contributed by atoms with Crippen LogP contribution in [0.3, 0.4) is 0 Å². The minimum absolute atomic E-state index is 0.0105. The molecule has 7 nitrogen and oxygen atoms in total. The van der Waals surface area contributed by atoms with Crippen LogP contribution in [-0.4, -0.2) is 19.2 Å². The van der Waals surface area contributed by atoms with Crippen molar-refractivity contribution >= 4 is 16.0 Å². The van der Waals surface area contributed by atoms with Crippen LogP contribution >= 0.6 is 0 Å². The van der Waals surface area contributed by atoms with Crippen LogP contribution in [0.1, 0.15) is 26.2 Å². The summed E-state index contributed by atoms with van der Waals surface area (Å²) in [7, 11) is -3.89. The minimum atomic E-state index is -3.89. The first-order valence-corrected chi connectivity index (χ1v) is 7.20. The molecule has 0 bridgehead atoms. The van der Waals surface area contributed by atoms with Gasteiger partial charge in [0.1, 0.15) is 5.75 Å². The maximum Gasteiger partial charge on any atom is 0.383 e. The van der Waals surface area contributed by atoms with Gasteiger partial charge in [-0.2, -0.15) is 13.1 Å². The maximum absolute atomic E-state index is 11.8. The monoisotopic (exact) mass is 287 g/mol. The van der Waals surface area contributed by atoms with Crippen LogP contribution in [0, 0.1) is 5.21 Å². The number of hydrogen-bond donors (Lipinski definition) is 2. The molecule has 0 amide bonds. The summed E-state index contributed by atoms with van der Waals surface area (Å²) in [6.45, 7) is 1.82. The molecule has 8 heteroatoms. The van der Waals surface area contributed by atoms with Crippen LogP contribution < -0.4 is 14.1 Å². The number of nitrogens with zero attached hydrogens (tertiary/aromatic N) is 1. The Balaban J connectivity index is 2.03. The molecule has 2 rings (SSSR count). The van der Waals surface area contributed by atoms with E-state index < -0.39 is 15.8 Å². The topological polar surface area (TPSA) is 102 Å². The molecule has 2 N–H and O–H groups in total. The second-order valence-electron chi connectivity index (χ2n) is 4.82. The zero-order valence-electron chi connectivity index (χ0n) is 10.4. The summed E-state index contributed by atoms with van der Waals surface area (Å²) >= 11 is 0. The van der Waals surface area contributed by atoms with Crippen LogP contribution in [0.5, 0.6) is 5.75 Å². The standard InChI is InChI=1S/C11H15N2O5S/c1-11(7-2-8-11)12-19(16,17)18-10-5-3-9(4-6-10)13(14)15/h3-6,12,14H,2,7-8H2,1H3/q-1. The Bertz CT molecular complexity index is 537. The Labute approximate surface area is 111 Å². The second-order valence-corrected chi connectivity index (χ2v) is 6.10. The number of benzene rings is 1. The van der Waals surface area contributed by atoms with E-state index >= 15 is 0 Å². The summed E-state index contributed by atoms with van der Waals surface area (Å²) in [4.78, 5) is 0. The summed E-state index contributed by atoms with van der Waals surface area (Å²) < 4.78 is 30.9. The van der Waals surface area contributed by atoms with Gasteiger partial charge in [-0.25, -0.2) is 0 Å². The number of nitrogens with one attached hydrogen (secondary N) is 1. The van der Waals surface area contributed by atoms with Crippen molar-refractivity contribution in [2.24, 2.45) is 0 Å². The van der Waals surface area contributed by atoms with Gasteiger partial charge in [-0.1, -0.05) is 0 Å². The van der Waals surface area contributed by atoms with Crippen molar-refractivity contribution in [1.29, 1.82) is 0 Å². The SMILES string of the molecule is CC1(NS(=O)(=O)Oc2ccc(N([O-])O)cc2)CCC1. The largest absolute Gasteiger partial charge is 0.733 e. The van der Waals surface area contributed by atoms with Crippen molar-refractivity contribution in [3.8, 4) is 5.75 Å². The van der Waals surface area contributed by atoms with E-state index in [1.54, 1.807) is 0 Å². The molecular weight excluding hydrogens is 272 g/mol. The molecule has 0 radical (unpaired) electrons. The van der Waals surface area contributed by atoms with E-state index in [9.17, 15) is 13.6 Å². The highest BCUT2D eigenvalue weighted by atomic mass is 32.2. The molecule has 0 atom stereocenters. The van der Waals surface area contributed by atoms with Gasteiger partial charge in [-0.3, -0.25) is 5.21 Å². The quantitative estimate of drug-likeness (QED) is 0.796. The third-order valence-corrected chi connectivity index (χ3v) is 4.25.